The summed E-state index contributed by atoms with van der Waals surface area (Å²) in [7, 11) is 0. The van der Waals surface area contributed by atoms with Crippen LogP contribution < -0.4 is 10.6 Å². The van der Waals surface area contributed by atoms with Gasteiger partial charge in [-0.25, -0.2) is 4.98 Å². The van der Waals surface area contributed by atoms with Gasteiger partial charge in [0.2, 0.25) is 5.91 Å². The van der Waals surface area contributed by atoms with Gasteiger partial charge < -0.3 is 10.6 Å². The van der Waals surface area contributed by atoms with Crippen LogP contribution in [0.15, 0.2) is 24.3 Å². The van der Waals surface area contributed by atoms with Crippen molar-refractivity contribution in [2.24, 2.45) is 5.73 Å². The minimum Gasteiger partial charge on any atom is -0.369 e. The summed E-state index contributed by atoms with van der Waals surface area (Å²) in [6.07, 6.45) is 0. The maximum Gasteiger partial charge on any atom is 0.231 e. The van der Waals surface area contributed by atoms with E-state index in [1.807, 2.05) is 31.2 Å². The van der Waals surface area contributed by atoms with Gasteiger partial charge in [-0.2, -0.15) is 0 Å². The van der Waals surface area contributed by atoms with Gasteiger partial charge in [-0.1, -0.05) is 17.7 Å². The van der Waals surface area contributed by atoms with Crippen molar-refractivity contribution in [2.45, 2.75) is 6.92 Å². The van der Waals surface area contributed by atoms with E-state index < -0.39 is 0 Å². The molecule has 0 radical (unpaired) electrons. The third-order valence-corrected chi connectivity index (χ3v) is 4.40. The molecular weight excluding hydrogens is 300 g/mol. The van der Waals surface area contributed by atoms with Crippen LogP contribution in [0, 0.1) is 6.92 Å². The normalized spacial score (nSPS) is 16.2. The lowest BCUT2D eigenvalue weighted by Gasteiger charge is -2.34. The zero-order valence-corrected chi connectivity index (χ0v) is 13.3. The van der Waals surface area contributed by atoms with Crippen LogP contribution in [0.5, 0.6) is 0 Å². The molecule has 0 spiro atoms. The molecule has 1 aromatic carbocycles. The summed E-state index contributed by atoms with van der Waals surface area (Å²) in [5.41, 5.74) is 7.31. The highest BCUT2D eigenvalue weighted by Gasteiger charge is 2.19. The highest BCUT2D eigenvalue weighted by Crippen LogP contribution is 2.27. The predicted octanol–water partition coefficient (Wildman–Crippen LogP) is 1.80. The molecule has 1 aromatic heterocycles. The van der Waals surface area contributed by atoms with Crippen molar-refractivity contribution in [1.29, 1.82) is 0 Å². The minimum atomic E-state index is -0.275. The number of nitrogens with zero attached hydrogens (tertiary/aromatic N) is 3. The number of aromatic nitrogens is 1. The van der Waals surface area contributed by atoms with Crippen molar-refractivity contribution in [2.75, 3.05) is 37.6 Å². The average molecular weight is 319 g/mol. The Morgan fingerprint density at radius 2 is 1.95 bits per heavy atom. The summed E-state index contributed by atoms with van der Waals surface area (Å²) in [6, 6.07) is 7.94. The van der Waals surface area contributed by atoms with E-state index in [0.717, 1.165) is 53.5 Å². The zero-order chi connectivity index (χ0) is 15.7. The SMILES string of the molecule is Cc1ccc(Cl)c2ccc(N3CCN(CC(N)=O)CC3)nc12. The second-order valence-electron chi connectivity index (χ2n) is 5.66. The van der Waals surface area contributed by atoms with E-state index in [9.17, 15) is 4.79 Å². The lowest BCUT2D eigenvalue weighted by Crippen LogP contribution is -2.49. The Bertz CT molecular complexity index is 711. The first kappa shape index (κ1) is 15.1. The predicted molar refractivity (Wildman–Crippen MR) is 89.3 cm³/mol. The topological polar surface area (TPSA) is 62.5 Å². The minimum absolute atomic E-state index is 0.275. The number of halogens is 1. The largest absolute Gasteiger partial charge is 0.369 e. The first-order valence-corrected chi connectivity index (χ1v) is 7.74. The summed E-state index contributed by atoms with van der Waals surface area (Å²) in [6.45, 7) is 5.68. The number of piperazine rings is 1. The number of amides is 1. The smallest absolute Gasteiger partial charge is 0.231 e. The molecule has 0 aliphatic carbocycles. The summed E-state index contributed by atoms with van der Waals surface area (Å²) in [4.78, 5) is 20.1. The van der Waals surface area contributed by atoms with Gasteiger partial charge in [-0.15, -0.1) is 0 Å². The number of carbonyl (C=O) groups is 1. The van der Waals surface area contributed by atoms with Crippen LogP contribution in [-0.4, -0.2) is 48.5 Å². The molecule has 1 fully saturated rings. The lowest BCUT2D eigenvalue weighted by atomic mass is 10.1. The molecule has 0 bridgehead atoms. The molecule has 2 N–H and O–H groups in total. The number of benzene rings is 1. The number of rotatable bonds is 3. The summed E-state index contributed by atoms with van der Waals surface area (Å²) in [5, 5.41) is 1.71. The number of primary amides is 1. The van der Waals surface area contributed by atoms with Crippen molar-refractivity contribution in [3.63, 3.8) is 0 Å². The Kier molecular flexibility index (Phi) is 4.18. The molecule has 2 aromatic rings. The molecule has 1 aliphatic rings. The molecule has 116 valence electrons. The number of fused-ring (bicyclic) bond motifs is 1. The van der Waals surface area contributed by atoms with Crippen molar-refractivity contribution < 1.29 is 4.79 Å². The van der Waals surface area contributed by atoms with E-state index in [-0.39, 0.29) is 5.91 Å². The number of carbonyl (C=O) groups excluding carboxylic acids is 1. The molecule has 1 aliphatic heterocycles. The van der Waals surface area contributed by atoms with Gasteiger partial charge in [0.15, 0.2) is 0 Å². The quantitative estimate of drug-likeness (QED) is 0.937. The molecule has 22 heavy (non-hydrogen) atoms. The van der Waals surface area contributed by atoms with E-state index in [2.05, 4.69) is 9.80 Å². The van der Waals surface area contributed by atoms with Crippen LogP contribution in [0.2, 0.25) is 5.02 Å². The van der Waals surface area contributed by atoms with Crippen LogP contribution in [0.3, 0.4) is 0 Å². The molecule has 0 unspecified atom stereocenters. The number of hydrogen-bond acceptors (Lipinski definition) is 4. The summed E-state index contributed by atoms with van der Waals surface area (Å²) < 4.78 is 0. The average Bonchev–Trinajstić information content (AvgIpc) is 2.51. The number of nitrogens with two attached hydrogens (primary N) is 1. The van der Waals surface area contributed by atoms with Gasteiger partial charge in [-0.05, 0) is 30.7 Å². The fraction of sp³-hybridized carbons (Fsp3) is 0.375. The fourth-order valence-electron chi connectivity index (χ4n) is 2.84. The number of hydrogen-bond donors (Lipinski definition) is 1. The van der Waals surface area contributed by atoms with Crippen LogP contribution in [0.4, 0.5) is 5.82 Å². The Hall–Kier alpha value is -1.85. The maximum atomic E-state index is 11.0. The molecule has 0 saturated carbocycles. The molecule has 5 nitrogen and oxygen atoms in total. The monoisotopic (exact) mass is 318 g/mol. The molecule has 1 saturated heterocycles. The first-order valence-electron chi connectivity index (χ1n) is 7.36. The summed E-state index contributed by atoms with van der Waals surface area (Å²) in [5.74, 6) is 0.680. The highest BCUT2D eigenvalue weighted by atomic mass is 35.5. The third-order valence-electron chi connectivity index (χ3n) is 4.07. The van der Waals surface area contributed by atoms with E-state index in [0.29, 0.717) is 6.54 Å². The lowest BCUT2D eigenvalue weighted by molar-refractivity contribution is -0.119. The van der Waals surface area contributed by atoms with E-state index in [1.165, 1.54) is 0 Å². The van der Waals surface area contributed by atoms with Crippen LogP contribution in [-0.2, 0) is 4.79 Å². The van der Waals surface area contributed by atoms with Crippen LogP contribution in [0.25, 0.3) is 10.9 Å². The molecule has 0 atom stereocenters. The van der Waals surface area contributed by atoms with Gasteiger partial charge in [0.1, 0.15) is 5.82 Å². The Balaban J connectivity index is 1.80. The Morgan fingerprint density at radius 1 is 1.23 bits per heavy atom. The van der Waals surface area contributed by atoms with E-state index in [4.69, 9.17) is 22.3 Å². The van der Waals surface area contributed by atoms with Crippen molar-refractivity contribution in [3.05, 3.63) is 34.9 Å². The second-order valence-corrected chi connectivity index (χ2v) is 6.07. The standard InChI is InChI=1S/C16H19ClN4O/c1-11-2-4-13(17)12-3-5-15(19-16(11)12)21-8-6-20(7-9-21)10-14(18)22/h2-5H,6-10H2,1H3,(H2,18,22). The van der Waals surface area contributed by atoms with Crippen LogP contribution >= 0.6 is 11.6 Å². The van der Waals surface area contributed by atoms with Gasteiger partial charge >= 0.3 is 0 Å². The summed E-state index contributed by atoms with van der Waals surface area (Å²) >= 11 is 6.23. The highest BCUT2D eigenvalue weighted by molar-refractivity contribution is 6.35. The number of pyridine rings is 1. The second kappa shape index (κ2) is 6.10. The first-order chi connectivity index (χ1) is 10.5. The van der Waals surface area contributed by atoms with E-state index in [1.54, 1.807) is 0 Å². The van der Waals surface area contributed by atoms with Gasteiger partial charge in [-0.3, -0.25) is 9.69 Å². The molecule has 6 heteroatoms. The molecular formula is C16H19ClN4O. The maximum absolute atomic E-state index is 11.0. The van der Waals surface area contributed by atoms with Gasteiger partial charge in [0.25, 0.3) is 0 Å². The number of aryl methyl sites for hydroxylation is 1. The third kappa shape index (κ3) is 3.00. The van der Waals surface area contributed by atoms with Crippen molar-refractivity contribution in [1.82, 2.24) is 9.88 Å². The Labute approximate surface area is 134 Å². The van der Waals surface area contributed by atoms with Gasteiger partial charge in [0, 0.05) is 36.6 Å². The zero-order valence-electron chi connectivity index (χ0n) is 12.6. The molecule has 3 rings (SSSR count). The van der Waals surface area contributed by atoms with Gasteiger partial charge in [0.05, 0.1) is 12.1 Å². The van der Waals surface area contributed by atoms with Crippen LogP contribution in [0.1, 0.15) is 5.56 Å². The van der Waals surface area contributed by atoms with Crippen molar-refractivity contribution >= 4 is 34.2 Å². The molecule has 1 amide bonds. The Morgan fingerprint density at radius 3 is 2.64 bits per heavy atom. The number of anilines is 1. The molecule has 2 heterocycles. The fourth-order valence-corrected chi connectivity index (χ4v) is 3.06. The van der Waals surface area contributed by atoms with E-state index >= 15 is 0 Å². The van der Waals surface area contributed by atoms with Crippen molar-refractivity contribution in [3.8, 4) is 0 Å².